The molecule has 0 bridgehead atoms. The van der Waals surface area contributed by atoms with Crippen molar-refractivity contribution in [3.63, 3.8) is 0 Å². The summed E-state index contributed by atoms with van der Waals surface area (Å²) in [5.41, 5.74) is 0.210. The van der Waals surface area contributed by atoms with E-state index in [1.807, 2.05) is 10.6 Å². The molecule has 0 unspecified atom stereocenters. The predicted molar refractivity (Wildman–Crippen MR) is 67.7 cm³/mol. The van der Waals surface area contributed by atoms with Crippen molar-refractivity contribution in [2.75, 3.05) is 0 Å². The number of carbonyl (C=O) groups excluding carboxylic acids is 3. The zero-order valence-corrected chi connectivity index (χ0v) is 10.7. The van der Waals surface area contributed by atoms with Gasteiger partial charge in [-0.2, -0.15) is 0 Å². The highest BCUT2D eigenvalue weighted by Crippen LogP contribution is 2.23. The molecule has 1 saturated heterocycles. The quantitative estimate of drug-likeness (QED) is 0.601. The molecule has 0 aromatic carbocycles. The molecule has 0 saturated carbocycles. The first-order chi connectivity index (χ1) is 9.06. The molecule has 96 valence electrons. The van der Waals surface area contributed by atoms with Gasteiger partial charge in [-0.1, -0.05) is 11.6 Å². The molecule has 2 aromatic heterocycles. The van der Waals surface area contributed by atoms with Gasteiger partial charge in [0.05, 0.1) is 5.69 Å². The van der Waals surface area contributed by atoms with Crippen LogP contribution in [0.25, 0.3) is 11.0 Å². The van der Waals surface area contributed by atoms with Crippen LogP contribution in [-0.4, -0.2) is 27.2 Å². The van der Waals surface area contributed by atoms with Crippen molar-refractivity contribution in [1.82, 2.24) is 20.0 Å². The second-order valence-electron chi connectivity index (χ2n) is 3.64. The Labute approximate surface area is 114 Å². The van der Waals surface area contributed by atoms with Crippen LogP contribution in [0.1, 0.15) is 5.69 Å². The van der Waals surface area contributed by atoms with Gasteiger partial charge in [0.25, 0.3) is 11.8 Å². The molecule has 2 N–H and O–H groups in total. The van der Waals surface area contributed by atoms with Crippen LogP contribution in [0.15, 0.2) is 17.2 Å². The molecule has 3 heterocycles. The molecule has 0 spiro atoms. The van der Waals surface area contributed by atoms with E-state index in [0.29, 0.717) is 10.7 Å². The lowest BCUT2D eigenvalue weighted by Crippen LogP contribution is -2.51. The number of aromatic nitrogens is 2. The van der Waals surface area contributed by atoms with E-state index in [9.17, 15) is 14.4 Å². The lowest BCUT2D eigenvalue weighted by Gasteiger charge is -2.13. The fraction of sp³-hybridized carbons (Fsp3) is 0. The van der Waals surface area contributed by atoms with E-state index in [0.717, 1.165) is 0 Å². The van der Waals surface area contributed by atoms with Gasteiger partial charge in [-0.05, 0) is 6.08 Å². The van der Waals surface area contributed by atoms with E-state index in [4.69, 9.17) is 11.6 Å². The monoisotopic (exact) mass is 296 g/mol. The Morgan fingerprint density at radius 2 is 1.95 bits per heavy atom. The van der Waals surface area contributed by atoms with Crippen molar-refractivity contribution in [2.24, 2.45) is 0 Å². The number of thiazole rings is 1. The molecule has 1 aliphatic heterocycles. The number of rotatable bonds is 1. The topological polar surface area (TPSA) is 92.6 Å². The van der Waals surface area contributed by atoms with Crippen molar-refractivity contribution in [1.29, 1.82) is 0 Å². The zero-order chi connectivity index (χ0) is 13.6. The number of carbonyl (C=O) groups is 3. The van der Waals surface area contributed by atoms with Crippen LogP contribution in [0.2, 0.25) is 5.15 Å². The maximum Gasteiger partial charge on any atom is 0.328 e. The molecule has 9 heteroatoms. The fourth-order valence-corrected chi connectivity index (χ4v) is 2.65. The first-order valence-corrected chi connectivity index (χ1v) is 6.31. The van der Waals surface area contributed by atoms with Crippen LogP contribution in [0.3, 0.4) is 0 Å². The first kappa shape index (κ1) is 11.9. The van der Waals surface area contributed by atoms with Crippen molar-refractivity contribution >= 4 is 51.8 Å². The molecular weight excluding hydrogens is 292 g/mol. The maximum absolute atomic E-state index is 11.6. The molecule has 0 atom stereocenters. The standard InChI is InChI=1S/C10H5ClN4O3S/c11-6-5(15-1-2-19-10(15)12-6)3-4-7(16)13-9(18)14-8(4)17/h1-3H,(H2,13,14,16,17,18). The Hall–Kier alpha value is -2.19. The Morgan fingerprint density at radius 3 is 2.63 bits per heavy atom. The highest BCUT2D eigenvalue weighted by atomic mass is 35.5. The average molecular weight is 297 g/mol. The molecular formula is C10H5ClN4O3S. The number of imidazole rings is 1. The van der Waals surface area contributed by atoms with Crippen LogP contribution in [0, 0.1) is 0 Å². The van der Waals surface area contributed by atoms with Crippen LogP contribution < -0.4 is 10.6 Å². The Bertz CT molecular complexity index is 738. The molecule has 2 aromatic rings. The summed E-state index contributed by atoms with van der Waals surface area (Å²) in [6.07, 6.45) is 3.02. The third-order valence-electron chi connectivity index (χ3n) is 2.48. The summed E-state index contributed by atoms with van der Waals surface area (Å²) in [4.78, 5) is 38.8. The number of amides is 4. The average Bonchev–Trinajstić information content (AvgIpc) is 2.85. The predicted octanol–water partition coefficient (Wildman–Crippen LogP) is 0.799. The van der Waals surface area contributed by atoms with Crippen LogP contribution in [0.4, 0.5) is 4.79 Å². The Balaban J connectivity index is 2.12. The highest BCUT2D eigenvalue weighted by Gasteiger charge is 2.28. The first-order valence-electron chi connectivity index (χ1n) is 5.05. The van der Waals surface area contributed by atoms with Gasteiger partial charge in [0, 0.05) is 11.6 Å². The molecule has 0 aliphatic carbocycles. The molecule has 1 fully saturated rings. The van der Waals surface area contributed by atoms with Crippen molar-refractivity contribution in [3.05, 3.63) is 28.0 Å². The second-order valence-corrected chi connectivity index (χ2v) is 4.87. The number of nitrogens with zero attached hydrogens (tertiary/aromatic N) is 2. The lowest BCUT2D eigenvalue weighted by molar-refractivity contribution is -0.123. The van der Waals surface area contributed by atoms with E-state index in [1.54, 1.807) is 16.0 Å². The number of fused-ring (bicyclic) bond motifs is 1. The second kappa shape index (κ2) is 4.18. The minimum Gasteiger partial charge on any atom is -0.289 e. The van der Waals surface area contributed by atoms with E-state index < -0.39 is 17.8 Å². The highest BCUT2D eigenvalue weighted by molar-refractivity contribution is 7.15. The number of urea groups is 1. The minimum atomic E-state index is -0.841. The summed E-state index contributed by atoms with van der Waals surface area (Å²) in [6, 6.07) is -0.841. The van der Waals surface area contributed by atoms with Crippen molar-refractivity contribution < 1.29 is 14.4 Å². The molecule has 7 nitrogen and oxygen atoms in total. The van der Waals surface area contributed by atoms with Crippen LogP contribution in [-0.2, 0) is 9.59 Å². The van der Waals surface area contributed by atoms with Crippen molar-refractivity contribution in [3.8, 4) is 0 Å². The smallest absolute Gasteiger partial charge is 0.289 e. The molecule has 3 rings (SSSR count). The number of hydrogen-bond acceptors (Lipinski definition) is 5. The fourth-order valence-electron chi connectivity index (χ4n) is 1.65. The molecule has 1 aliphatic rings. The third kappa shape index (κ3) is 1.90. The number of barbiturate groups is 1. The summed E-state index contributed by atoms with van der Waals surface area (Å²) in [5, 5.41) is 5.95. The van der Waals surface area contributed by atoms with Gasteiger partial charge in [0.15, 0.2) is 10.1 Å². The lowest BCUT2D eigenvalue weighted by atomic mass is 10.1. The summed E-state index contributed by atoms with van der Waals surface area (Å²) in [6.45, 7) is 0. The third-order valence-corrected chi connectivity index (χ3v) is 3.51. The molecule has 19 heavy (non-hydrogen) atoms. The van der Waals surface area contributed by atoms with Gasteiger partial charge in [-0.25, -0.2) is 9.78 Å². The molecule has 4 amide bonds. The van der Waals surface area contributed by atoms with Crippen molar-refractivity contribution in [2.45, 2.75) is 0 Å². The van der Waals surface area contributed by atoms with Gasteiger partial charge in [-0.3, -0.25) is 24.6 Å². The van der Waals surface area contributed by atoms with E-state index >= 15 is 0 Å². The van der Waals surface area contributed by atoms with E-state index in [2.05, 4.69) is 4.98 Å². The van der Waals surface area contributed by atoms with E-state index in [1.165, 1.54) is 17.4 Å². The number of halogens is 1. The summed E-state index contributed by atoms with van der Waals surface area (Å²) in [7, 11) is 0. The number of nitrogens with one attached hydrogen (secondary N) is 2. The summed E-state index contributed by atoms with van der Waals surface area (Å²) >= 11 is 7.32. The zero-order valence-electron chi connectivity index (χ0n) is 9.14. The molecule has 0 radical (unpaired) electrons. The van der Waals surface area contributed by atoms with Crippen LogP contribution >= 0.6 is 22.9 Å². The normalized spacial score (nSPS) is 15.6. The summed E-state index contributed by atoms with van der Waals surface area (Å²) in [5.74, 6) is -1.54. The van der Waals surface area contributed by atoms with Gasteiger partial charge in [0.1, 0.15) is 5.57 Å². The van der Waals surface area contributed by atoms with Gasteiger partial charge >= 0.3 is 6.03 Å². The Morgan fingerprint density at radius 1 is 1.26 bits per heavy atom. The van der Waals surface area contributed by atoms with Gasteiger partial charge in [-0.15, -0.1) is 11.3 Å². The minimum absolute atomic E-state index is 0.178. The number of hydrogen-bond donors (Lipinski definition) is 2. The maximum atomic E-state index is 11.6. The SMILES string of the molecule is O=C1NC(=O)C(=Cc2c(Cl)nc3sccn23)C(=O)N1. The van der Waals surface area contributed by atoms with E-state index in [-0.39, 0.29) is 10.7 Å². The Kier molecular flexibility index (Phi) is 2.61. The van der Waals surface area contributed by atoms with Gasteiger partial charge in [0.2, 0.25) is 0 Å². The largest absolute Gasteiger partial charge is 0.328 e. The number of imide groups is 2. The van der Waals surface area contributed by atoms with Crippen LogP contribution in [0.5, 0.6) is 0 Å². The summed E-state index contributed by atoms with van der Waals surface area (Å²) < 4.78 is 1.65. The van der Waals surface area contributed by atoms with Gasteiger partial charge < -0.3 is 0 Å².